The van der Waals surface area contributed by atoms with Gasteiger partial charge in [-0.05, 0) is 35.8 Å². The van der Waals surface area contributed by atoms with Gasteiger partial charge in [0.15, 0.2) is 0 Å². The molecule has 0 radical (unpaired) electrons. The summed E-state index contributed by atoms with van der Waals surface area (Å²) in [6.45, 7) is 8.67. The van der Waals surface area contributed by atoms with Gasteiger partial charge in [0.1, 0.15) is 0 Å². The summed E-state index contributed by atoms with van der Waals surface area (Å²) in [6.07, 6.45) is 5.48. The van der Waals surface area contributed by atoms with Gasteiger partial charge in [0, 0.05) is 12.1 Å². The van der Waals surface area contributed by atoms with Gasteiger partial charge in [-0.25, -0.2) is 0 Å². The van der Waals surface area contributed by atoms with E-state index in [1.54, 1.807) is 0 Å². The van der Waals surface area contributed by atoms with Crippen molar-refractivity contribution >= 4 is 0 Å². The van der Waals surface area contributed by atoms with Crippen LogP contribution in [0.15, 0.2) is 24.3 Å². The zero-order valence-corrected chi connectivity index (χ0v) is 13.7. The molecular formula is C19H29NO. The second kappa shape index (κ2) is 6.10. The monoisotopic (exact) mass is 287 g/mol. The van der Waals surface area contributed by atoms with Crippen molar-refractivity contribution in [1.82, 2.24) is 5.32 Å². The Balaban J connectivity index is 1.62. The van der Waals surface area contributed by atoms with Crippen LogP contribution in [0.3, 0.4) is 0 Å². The van der Waals surface area contributed by atoms with E-state index in [1.807, 2.05) is 0 Å². The standard InChI is InChI=1S/C19H29NO/c1-14(2)16-6-8-17(9-7-16)18-12-20-19(13-21-18)10-4-5-15(3)11-19/h6-9,14-15,18,20H,4-5,10-13H2,1-3H3. The van der Waals surface area contributed by atoms with E-state index in [9.17, 15) is 0 Å². The molecule has 2 fully saturated rings. The lowest BCUT2D eigenvalue weighted by molar-refractivity contribution is -0.0527. The van der Waals surface area contributed by atoms with Gasteiger partial charge in [0.2, 0.25) is 0 Å². The minimum absolute atomic E-state index is 0.217. The third-order valence-electron chi connectivity index (χ3n) is 5.29. The van der Waals surface area contributed by atoms with Gasteiger partial charge in [-0.1, -0.05) is 57.9 Å². The molecule has 1 saturated heterocycles. The molecule has 0 bridgehead atoms. The highest BCUT2D eigenvalue weighted by atomic mass is 16.5. The molecule has 116 valence electrons. The first kappa shape index (κ1) is 15.1. The van der Waals surface area contributed by atoms with Gasteiger partial charge in [-0.15, -0.1) is 0 Å². The fourth-order valence-corrected chi connectivity index (χ4v) is 3.94. The average molecular weight is 287 g/mol. The third kappa shape index (κ3) is 3.32. The topological polar surface area (TPSA) is 21.3 Å². The maximum atomic E-state index is 6.24. The Bertz CT molecular complexity index is 457. The van der Waals surface area contributed by atoms with E-state index in [-0.39, 0.29) is 11.6 Å². The number of benzene rings is 1. The summed E-state index contributed by atoms with van der Waals surface area (Å²) in [5.41, 5.74) is 2.97. The van der Waals surface area contributed by atoms with Crippen molar-refractivity contribution in [2.45, 2.75) is 64.0 Å². The Morgan fingerprint density at radius 2 is 2.00 bits per heavy atom. The number of rotatable bonds is 2. The summed E-state index contributed by atoms with van der Waals surface area (Å²) >= 11 is 0. The molecule has 1 aliphatic heterocycles. The maximum absolute atomic E-state index is 6.24. The van der Waals surface area contributed by atoms with E-state index >= 15 is 0 Å². The molecule has 2 nitrogen and oxygen atoms in total. The minimum atomic E-state index is 0.217. The van der Waals surface area contributed by atoms with Crippen LogP contribution in [0.5, 0.6) is 0 Å². The normalized spacial score (nSPS) is 33.5. The van der Waals surface area contributed by atoms with Crippen LogP contribution in [-0.4, -0.2) is 18.7 Å². The predicted octanol–water partition coefficient (Wildman–Crippen LogP) is 4.42. The lowest BCUT2D eigenvalue weighted by Gasteiger charge is -2.45. The molecule has 1 aromatic carbocycles. The molecule has 3 rings (SSSR count). The van der Waals surface area contributed by atoms with Crippen LogP contribution >= 0.6 is 0 Å². The van der Waals surface area contributed by atoms with E-state index in [1.165, 1.54) is 36.8 Å². The molecule has 1 aliphatic carbocycles. The van der Waals surface area contributed by atoms with Crippen LogP contribution < -0.4 is 5.32 Å². The summed E-state index contributed by atoms with van der Waals surface area (Å²) in [6, 6.07) is 8.97. The van der Waals surface area contributed by atoms with E-state index in [2.05, 4.69) is 50.4 Å². The van der Waals surface area contributed by atoms with Crippen molar-refractivity contribution in [3.8, 4) is 0 Å². The zero-order chi connectivity index (χ0) is 14.9. The Hall–Kier alpha value is -0.860. The molecular weight excluding hydrogens is 258 g/mol. The summed E-state index contributed by atoms with van der Waals surface area (Å²) in [5.74, 6) is 1.42. The van der Waals surface area contributed by atoms with Crippen molar-refractivity contribution in [2.24, 2.45) is 5.92 Å². The number of morpholine rings is 1. The molecule has 1 spiro atoms. The smallest absolute Gasteiger partial charge is 0.0950 e. The molecule has 1 N–H and O–H groups in total. The molecule has 3 unspecified atom stereocenters. The van der Waals surface area contributed by atoms with E-state index in [0.717, 1.165) is 19.1 Å². The van der Waals surface area contributed by atoms with Crippen molar-refractivity contribution < 1.29 is 4.74 Å². The zero-order valence-electron chi connectivity index (χ0n) is 13.7. The van der Waals surface area contributed by atoms with Gasteiger partial charge in [0.25, 0.3) is 0 Å². The predicted molar refractivity (Wildman–Crippen MR) is 87.6 cm³/mol. The van der Waals surface area contributed by atoms with Crippen LogP contribution in [0.2, 0.25) is 0 Å². The molecule has 1 saturated carbocycles. The molecule has 0 aromatic heterocycles. The minimum Gasteiger partial charge on any atom is -0.370 e. The van der Waals surface area contributed by atoms with Crippen molar-refractivity contribution in [2.75, 3.05) is 13.2 Å². The molecule has 2 heteroatoms. The molecule has 2 aliphatic rings. The van der Waals surface area contributed by atoms with E-state index in [0.29, 0.717) is 5.92 Å². The number of ether oxygens (including phenoxy) is 1. The van der Waals surface area contributed by atoms with Crippen LogP contribution in [0.1, 0.15) is 69.6 Å². The van der Waals surface area contributed by atoms with Crippen molar-refractivity contribution in [3.63, 3.8) is 0 Å². The molecule has 0 amide bonds. The first-order valence-corrected chi connectivity index (χ1v) is 8.54. The quantitative estimate of drug-likeness (QED) is 0.869. The Morgan fingerprint density at radius 1 is 1.24 bits per heavy atom. The van der Waals surface area contributed by atoms with E-state index < -0.39 is 0 Å². The Kier molecular flexibility index (Phi) is 4.37. The largest absolute Gasteiger partial charge is 0.370 e. The second-order valence-corrected chi connectivity index (χ2v) is 7.48. The van der Waals surface area contributed by atoms with Gasteiger partial charge < -0.3 is 10.1 Å². The first-order valence-electron chi connectivity index (χ1n) is 8.54. The van der Waals surface area contributed by atoms with Gasteiger partial charge >= 0.3 is 0 Å². The second-order valence-electron chi connectivity index (χ2n) is 7.48. The van der Waals surface area contributed by atoms with Crippen LogP contribution in [0, 0.1) is 5.92 Å². The molecule has 1 aromatic rings. The highest BCUT2D eigenvalue weighted by Crippen LogP contribution is 2.36. The van der Waals surface area contributed by atoms with Crippen molar-refractivity contribution in [3.05, 3.63) is 35.4 Å². The molecule has 3 atom stereocenters. The summed E-state index contributed by atoms with van der Waals surface area (Å²) in [4.78, 5) is 0. The Morgan fingerprint density at radius 3 is 2.57 bits per heavy atom. The van der Waals surface area contributed by atoms with Gasteiger partial charge in [-0.3, -0.25) is 0 Å². The average Bonchev–Trinajstić information content (AvgIpc) is 2.48. The lowest BCUT2D eigenvalue weighted by atomic mass is 9.76. The summed E-state index contributed by atoms with van der Waals surface area (Å²) in [5, 5.41) is 3.83. The number of hydrogen-bond donors (Lipinski definition) is 1. The van der Waals surface area contributed by atoms with Crippen LogP contribution in [-0.2, 0) is 4.74 Å². The fourth-order valence-electron chi connectivity index (χ4n) is 3.94. The highest BCUT2D eigenvalue weighted by Gasteiger charge is 2.39. The number of nitrogens with one attached hydrogen (secondary N) is 1. The summed E-state index contributed by atoms with van der Waals surface area (Å²) in [7, 11) is 0. The summed E-state index contributed by atoms with van der Waals surface area (Å²) < 4.78 is 6.24. The molecule has 21 heavy (non-hydrogen) atoms. The third-order valence-corrected chi connectivity index (χ3v) is 5.29. The van der Waals surface area contributed by atoms with Gasteiger partial charge in [-0.2, -0.15) is 0 Å². The highest BCUT2D eigenvalue weighted by molar-refractivity contribution is 5.26. The van der Waals surface area contributed by atoms with E-state index in [4.69, 9.17) is 4.74 Å². The fraction of sp³-hybridized carbons (Fsp3) is 0.684. The van der Waals surface area contributed by atoms with Crippen LogP contribution in [0.25, 0.3) is 0 Å². The molecule has 1 heterocycles. The van der Waals surface area contributed by atoms with Crippen molar-refractivity contribution in [1.29, 1.82) is 0 Å². The van der Waals surface area contributed by atoms with Crippen LogP contribution in [0.4, 0.5) is 0 Å². The first-order chi connectivity index (χ1) is 10.1. The maximum Gasteiger partial charge on any atom is 0.0950 e. The van der Waals surface area contributed by atoms with Gasteiger partial charge in [0.05, 0.1) is 12.7 Å². The number of hydrogen-bond acceptors (Lipinski definition) is 2. The lowest BCUT2D eigenvalue weighted by Crippen LogP contribution is -2.56. The Labute approximate surface area is 129 Å². The SMILES string of the molecule is CC1CCCC2(COC(c3ccc(C(C)C)cc3)CN2)C1.